The maximum Gasteiger partial charge on any atom is 0.124 e. The summed E-state index contributed by atoms with van der Waals surface area (Å²) in [5.41, 5.74) is 1.30. The fourth-order valence-corrected chi connectivity index (χ4v) is 0.346. The molecular weight excluding hydrogens is 76.1 g/mol. The van der Waals surface area contributed by atoms with E-state index in [1.807, 2.05) is 0 Å². The lowest BCUT2D eigenvalue weighted by Crippen LogP contribution is -1.64. The van der Waals surface area contributed by atoms with Crippen molar-refractivity contribution in [2.75, 3.05) is 0 Å². The summed E-state index contributed by atoms with van der Waals surface area (Å²) in [6.45, 7) is 0. The van der Waals surface area contributed by atoms with Crippen LogP contribution in [-0.2, 0) is 4.79 Å². The van der Waals surface area contributed by atoms with Crippen molar-refractivity contribution in [2.24, 2.45) is 0 Å². The van der Waals surface area contributed by atoms with Crippen LogP contribution in [0.1, 0.15) is 12.8 Å². The van der Waals surface area contributed by atoms with Crippen LogP contribution in [0.25, 0.3) is 0 Å². The molecule has 0 saturated carbocycles. The lowest BCUT2D eigenvalue weighted by atomic mass is 10.4. The number of hydrogen-bond donors (Lipinski definition) is 0. The molecule has 0 radical (unpaired) electrons. The fraction of sp³-hybridized carbons (Fsp3) is 0.400. The maximum atomic E-state index is 9.61. The van der Waals surface area contributed by atoms with Crippen molar-refractivity contribution in [1.82, 2.24) is 0 Å². The first-order valence-electron chi connectivity index (χ1n) is 2.05. The Hall–Kier alpha value is -0.590. The molecule has 32 valence electrons. The molecule has 1 rings (SSSR count). The molecule has 0 fully saturated rings. The van der Waals surface area contributed by atoms with E-state index in [1.165, 1.54) is 5.57 Å². The van der Waals surface area contributed by atoms with Crippen molar-refractivity contribution < 1.29 is 4.79 Å². The van der Waals surface area contributed by atoms with Crippen molar-refractivity contribution in [3.05, 3.63) is 11.6 Å². The summed E-state index contributed by atoms with van der Waals surface area (Å²) < 4.78 is 0. The lowest BCUT2D eigenvalue weighted by Gasteiger charge is -1.67. The second-order valence-electron chi connectivity index (χ2n) is 1.44. The number of carbonyl (C=O) groups excluding carboxylic acids is 1. The summed E-state index contributed by atoms with van der Waals surface area (Å²) in [6, 6.07) is 0. The average Bonchev–Trinajstić information content (AvgIpc) is 2.21. The number of aldehydes is 1. The van der Waals surface area contributed by atoms with Gasteiger partial charge in [-0.15, -0.1) is 0 Å². The van der Waals surface area contributed by atoms with Gasteiger partial charge in [-0.25, -0.2) is 0 Å². The van der Waals surface area contributed by atoms with E-state index in [2.05, 4.69) is 6.08 Å². The first-order chi connectivity index (χ1) is 2.93. The maximum absolute atomic E-state index is 9.61. The topological polar surface area (TPSA) is 17.1 Å². The first-order valence-corrected chi connectivity index (χ1v) is 2.05. The van der Waals surface area contributed by atoms with Crippen molar-refractivity contribution in [1.29, 1.82) is 0 Å². The molecule has 0 aromatic heterocycles. The van der Waals surface area contributed by atoms with Gasteiger partial charge in [0.25, 0.3) is 0 Å². The van der Waals surface area contributed by atoms with Crippen LogP contribution in [-0.4, -0.2) is 6.29 Å². The molecule has 0 saturated heterocycles. The van der Waals surface area contributed by atoms with E-state index in [1.54, 1.807) is 0 Å². The smallest absolute Gasteiger partial charge is 0.124 e. The van der Waals surface area contributed by atoms with Crippen LogP contribution in [0.2, 0.25) is 0 Å². The molecule has 1 aliphatic carbocycles. The molecule has 0 N–H and O–H groups in total. The Morgan fingerprint density at radius 3 is 2.83 bits per heavy atom. The molecule has 0 amide bonds. The van der Waals surface area contributed by atoms with E-state index in [0.29, 0.717) is 6.42 Å². The van der Waals surface area contributed by atoms with E-state index in [-0.39, 0.29) is 0 Å². The minimum absolute atomic E-state index is 0.667. The third kappa shape index (κ3) is 0.677. The molecular formula is C5H6O. The average molecular weight is 82.1 g/mol. The van der Waals surface area contributed by atoms with Gasteiger partial charge in [0.1, 0.15) is 6.29 Å². The predicted octanol–water partition coefficient (Wildman–Crippen LogP) is 0.905. The molecule has 6 heavy (non-hydrogen) atoms. The summed E-state index contributed by atoms with van der Waals surface area (Å²) in [7, 11) is 0. The van der Waals surface area contributed by atoms with Gasteiger partial charge >= 0.3 is 0 Å². The monoisotopic (exact) mass is 82.0 g/mol. The molecule has 1 aliphatic rings. The minimum atomic E-state index is 0.667. The van der Waals surface area contributed by atoms with E-state index < -0.39 is 0 Å². The largest absolute Gasteiger partial charge is 0.303 e. The third-order valence-electron chi connectivity index (χ3n) is 0.838. The van der Waals surface area contributed by atoms with Crippen molar-refractivity contribution >= 4 is 6.29 Å². The van der Waals surface area contributed by atoms with Crippen LogP contribution in [0.15, 0.2) is 11.6 Å². The Kier molecular flexibility index (Phi) is 0.748. The Labute approximate surface area is 36.7 Å². The van der Waals surface area contributed by atoms with Gasteiger partial charge in [0.15, 0.2) is 0 Å². The minimum Gasteiger partial charge on any atom is -0.303 e. The van der Waals surface area contributed by atoms with Gasteiger partial charge in [-0.2, -0.15) is 0 Å². The highest BCUT2D eigenvalue weighted by molar-refractivity contribution is 5.56. The van der Waals surface area contributed by atoms with Crippen LogP contribution in [0.4, 0.5) is 0 Å². The van der Waals surface area contributed by atoms with Crippen molar-refractivity contribution in [3.63, 3.8) is 0 Å². The number of rotatable bonds is 2. The van der Waals surface area contributed by atoms with E-state index in [9.17, 15) is 4.79 Å². The molecule has 0 aromatic rings. The molecule has 0 heterocycles. The Balaban J connectivity index is 2.16. The summed E-state index contributed by atoms with van der Waals surface area (Å²) in [4.78, 5) is 9.61. The SMILES string of the molecule is O=CCC1=CC1. The normalized spacial score (nSPS) is 16.3. The zero-order valence-electron chi connectivity index (χ0n) is 3.48. The number of allylic oxidation sites excluding steroid dienone is 2. The van der Waals surface area contributed by atoms with Crippen LogP contribution in [0.5, 0.6) is 0 Å². The van der Waals surface area contributed by atoms with Crippen LogP contribution < -0.4 is 0 Å². The Bertz CT molecular complexity index is 92.1. The summed E-state index contributed by atoms with van der Waals surface area (Å²) in [5, 5.41) is 0. The summed E-state index contributed by atoms with van der Waals surface area (Å²) in [5.74, 6) is 0. The second-order valence-corrected chi connectivity index (χ2v) is 1.44. The quantitative estimate of drug-likeness (QED) is 0.357. The highest BCUT2D eigenvalue weighted by Crippen LogP contribution is 2.19. The molecule has 0 spiro atoms. The zero-order chi connectivity index (χ0) is 4.41. The number of hydrogen-bond acceptors (Lipinski definition) is 1. The van der Waals surface area contributed by atoms with Crippen LogP contribution in [0.3, 0.4) is 0 Å². The Morgan fingerprint density at radius 2 is 2.67 bits per heavy atom. The van der Waals surface area contributed by atoms with Crippen LogP contribution in [0, 0.1) is 0 Å². The number of carbonyl (C=O) groups is 1. The zero-order valence-corrected chi connectivity index (χ0v) is 3.48. The molecule has 0 aromatic carbocycles. The van der Waals surface area contributed by atoms with Gasteiger partial charge < -0.3 is 4.79 Å². The van der Waals surface area contributed by atoms with E-state index >= 15 is 0 Å². The van der Waals surface area contributed by atoms with E-state index in [4.69, 9.17) is 0 Å². The summed E-state index contributed by atoms with van der Waals surface area (Å²) >= 11 is 0. The van der Waals surface area contributed by atoms with Crippen LogP contribution >= 0.6 is 0 Å². The van der Waals surface area contributed by atoms with Gasteiger partial charge in [0, 0.05) is 6.42 Å². The van der Waals surface area contributed by atoms with Gasteiger partial charge in [0.2, 0.25) is 0 Å². The van der Waals surface area contributed by atoms with Crippen molar-refractivity contribution in [3.8, 4) is 0 Å². The second kappa shape index (κ2) is 1.25. The molecule has 0 unspecified atom stereocenters. The van der Waals surface area contributed by atoms with Gasteiger partial charge in [-0.05, 0) is 6.42 Å². The Morgan fingerprint density at radius 1 is 2.00 bits per heavy atom. The van der Waals surface area contributed by atoms with Crippen molar-refractivity contribution in [2.45, 2.75) is 12.8 Å². The molecule has 0 atom stereocenters. The predicted molar refractivity (Wildman–Crippen MR) is 23.4 cm³/mol. The lowest BCUT2D eigenvalue weighted by molar-refractivity contribution is -0.107. The highest BCUT2D eigenvalue weighted by atomic mass is 16.1. The van der Waals surface area contributed by atoms with Gasteiger partial charge in [0.05, 0.1) is 0 Å². The summed E-state index contributed by atoms with van der Waals surface area (Å²) in [6.07, 6.45) is 4.76. The molecule has 0 aliphatic heterocycles. The van der Waals surface area contributed by atoms with Gasteiger partial charge in [-0.1, -0.05) is 11.6 Å². The van der Waals surface area contributed by atoms with E-state index in [0.717, 1.165) is 12.7 Å². The highest BCUT2D eigenvalue weighted by Gasteiger charge is 2.03. The first kappa shape index (κ1) is 3.59. The molecule has 1 heteroatoms. The molecule has 1 nitrogen and oxygen atoms in total. The van der Waals surface area contributed by atoms with Gasteiger partial charge in [-0.3, -0.25) is 0 Å². The fourth-order valence-electron chi connectivity index (χ4n) is 0.346. The molecule has 0 bridgehead atoms. The standard InChI is InChI=1S/C5H6O/c6-4-3-5-1-2-5/h1,4H,2-3H2. The third-order valence-corrected chi connectivity index (χ3v) is 0.838.